The molecule has 2 fully saturated rings. The van der Waals surface area contributed by atoms with E-state index in [2.05, 4.69) is 36.3 Å². The third kappa shape index (κ3) is 4.46. The largest absolute Gasteiger partial charge is 0.352 e. The minimum Gasteiger partial charge on any atom is -0.352 e. The summed E-state index contributed by atoms with van der Waals surface area (Å²) >= 11 is 0. The average molecular weight is 267 g/mol. The van der Waals surface area contributed by atoms with E-state index in [9.17, 15) is 4.79 Å². The van der Waals surface area contributed by atoms with Crippen molar-refractivity contribution in [1.29, 1.82) is 0 Å². The summed E-state index contributed by atoms with van der Waals surface area (Å²) in [6, 6.07) is 0.360. The Kier molecular flexibility index (Phi) is 4.85. The molecule has 4 nitrogen and oxygen atoms in total. The Balaban J connectivity index is 1.80. The highest BCUT2D eigenvalue weighted by atomic mass is 16.2. The van der Waals surface area contributed by atoms with Crippen LogP contribution in [0.1, 0.15) is 40.0 Å². The van der Waals surface area contributed by atoms with E-state index in [1.807, 2.05) is 0 Å². The van der Waals surface area contributed by atoms with Gasteiger partial charge in [0.1, 0.15) is 0 Å². The van der Waals surface area contributed by atoms with Crippen LogP contribution in [0.25, 0.3) is 0 Å². The number of rotatable bonds is 3. The van der Waals surface area contributed by atoms with Crippen molar-refractivity contribution in [2.75, 3.05) is 32.7 Å². The Labute approximate surface area is 117 Å². The summed E-state index contributed by atoms with van der Waals surface area (Å²) < 4.78 is 0. The zero-order valence-electron chi connectivity index (χ0n) is 12.7. The molecular formula is C15H29N3O. The lowest BCUT2D eigenvalue weighted by atomic mass is 9.71. The first-order chi connectivity index (χ1) is 8.96. The number of hydrogen-bond donors (Lipinski definition) is 2. The maximum atomic E-state index is 12.2. The maximum Gasteiger partial charge on any atom is 0.234 e. The number of carbonyl (C=O) groups is 1. The third-order valence-corrected chi connectivity index (χ3v) is 4.66. The molecule has 0 spiro atoms. The fourth-order valence-electron chi connectivity index (χ4n) is 3.24. The molecule has 4 heteroatoms. The van der Waals surface area contributed by atoms with Crippen LogP contribution in [0.2, 0.25) is 0 Å². The van der Waals surface area contributed by atoms with Crippen LogP contribution in [-0.4, -0.2) is 49.6 Å². The molecule has 1 saturated carbocycles. The summed E-state index contributed by atoms with van der Waals surface area (Å²) in [4.78, 5) is 14.4. The van der Waals surface area contributed by atoms with Gasteiger partial charge in [0.25, 0.3) is 0 Å². The Morgan fingerprint density at radius 3 is 2.74 bits per heavy atom. The highest BCUT2D eigenvalue weighted by Crippen LogP contribution is 2.37. The van der Waals surface area contributed by atoms with Crippen molar-refractivity contribution in [1.82, 2.24) is 15.5 Å². The highest BCUT2D eigenvalue weighted by Gasteiger charge is 2.33. The van der Waals surface area contributed by atoms with Gasteiger partial charge < -0.3 is 10.6 Å². The van der Waals surface area contributed by atoms with Gasteiger partial charge in [-0.25, -0.2) is 0 Å². The molecule has 2 rings (SSSR count). The van der Waals surface area contributed by atoms with E-state index in [-0.39, 0.29) is 5.91 Å². The second-order valence-corrected chi connectivity index (χ2v) is 7.08. The van der Waals surface area contributed by atoms with Crippen LogP contribution in [0.5, 0.6) is 0 Å². The lowest BCUT2D eigenvalue weighted by molar-refractivity contribution is -0.124. The molecule has 1 aliphatic carbocycles. The van der Waals surface area contributed by atoms with Crippen molar-refractivity contribution in [3.8, 4) is 0 Å². The molecule has 19 heavy (non-hydrogen) atoms. The molecule has 0 aromatic carbocycles. The second kappa shape index (κ2) is 6.23. The van der Waals surface area contributed by atoms with Gasteiger partial charge in [-0.3, -0.25) is 9.69 Å². The highest BCUT2D eigenvalue weighted by molar-refractivity contribution is 5.78. The minimum absolute atomic E-state index is 0.205. The standard InChI is InChI=1S/C15H29N3O/c1-12-4-5-15(2,3)10-13(12)17-14(19)11-18-8-6-16-7-9-18/h12-13,16H,4-11H2,1-3H3,(H,17,19). The van der Waals surface area contributed by atoms with Gasteiger partial charge in [-0.05, 0) is 30.6 Å². The first-order valence-electron chi connectivity index (χ1n) is 7.69. The van der Waals surface area contributed by atoms with E-state index in [0.29, 0.717) is 23.9 Å². The van der Waals surface area contributed by atoms with Crippen LogP contribution in [0.15, 0.2) is 0 Å². The second-order valence-electron chi connectivity index (χ2n) is 7.08. The third-order valence-electron chi connectivity index (χ3n) is 4.66. The molecule has 1 aliphatic heterocycles. The molecule has 0 radical (unpaired) electrons. The molecule has 1 saturated heterocycles. The number of carbonyl (C=O) groups excluding carboxylic acids is 1. The zero-order chi connectivity index (χ0) is 13.9. The summed E-state index contributed by atoms with van der Waals surface area (Å²) in [7, 11) is 0. The predicted octanol–water partition coefficient (Wildman–Crippen LogP) is 1.22. The molecule has 2 unspecified atom stereocenters. The van der Waals surface area contributed by atoms with Crippen LogP contribution in [0, 0.1) is 11.3 Å². The Bertz CT molecular complexity index is 311. The molecule has 0 aromatic rings. The summed E-state index contributed by atoms with van der Waals surface area (Å²) in [5.41, 5.74) is 0.375. The van der Waals surface area contributed by atoms with Crippen LogP contribution in [0.3, 0.4) is 0 Å². The SMILES string of the molecule is CC1CCC(C)(C)CC1NC(=O)CN1CCNCC1. The molecule has 2 atom stereocenters. The Morgan fingerprint density at radius 1 is 1.37 bits per heavy atom. The molecule has 2 aliphatic rings. The first kappa shape index (κ1) is 14.8. The van der Waals surface area contributed by atoms with Gasteiger partial charge in [0, 0.05) is 32.2 Å². The molecule has 1 heterocycles. The van der Waals surface area contributed by atoms with Gasteiger partial charge in [0.2, 0.25) is 5.91 Å². The normalized spacial score (nSPS) is 31.9. The Hall–Kier alpha value is -0.610. The number of nitrogens with zero attached hydrogens (tertiary/aromatic N) is 1. The fraction of sp³-hybridized carbons (Fsp3) is 0.933. The number of amides is 1. The fourth-order valence-corrected chi connectivity index (χ4v) is 3.24. The summed E-state index contributed by atoms with van der Waals surface area (Å²) in [6.45, 7) is 11.4. The van der Waals surface area contributed by atoms with Crippen molar-refractivity contribution in [2.45, 2.75) is 46.1 Å². The average Bonchev–Trinajstić information content (AvgIpc) is 2.35. The maximum absolute atomic E-state index is 12.2. The quantitative estimate of drug-likeness (QED) is 0.808. The van der Waals surface area contributed by atoms with Crippen molar-refractivity contribution < 1.29 is 4.79 Å². The molecule has 110 valence electrons. The van der Waals surface area contributed by atoms with Gasteiger partial charge in [0.15, 0.2) is 0 Å². The zero-order valence-corrected chi connectivity index (χ0v) is 12.7. The van der Waals surface area contributed by atoms with Crippen LogP contribution in [0.4, 0.5) is 0 Å². The first-order valence-corrected chi connectivity index (χ1v) is 7.69. The van der Waals surface area contributed by atoms with E-state index in [0.717, 1.165) is 32.6 Å². The van der Waals surface area contributed by atoms with E-state index in [1.54, 1.807) is 0 Å². The topological polar surface area (TPSA) is 44.4 Å². The summed E-state index contributed by atoms with van der Waals surface area (Å²) in [6.07, 6.45) is 3.62. The van der Waals surface area contributed by atoms with Gasteiger partial charge in [-0.2, -0.15) is 0 Å². The number of piperazine rings is 1. The monoisotopic (exact) mass is 267 g/mol. The smallest absolute Gasteiger partial charge is 0.234 e. The van der Waals surface area contributed by atoms with Crippen molar-refractivity contribution >= 4 is 5.91 Å². The number of hydrogen-bond acceptors (Lipinski definition) is 3. The lowest BCUT2D eigenvalue weighted by Crippen LogP contribution is -2.51. The van der Waals surface area contributed by atoms with Crippen LogP contribution >= 0.6 is 0 Å². The van der Waals surface area contributed by atoms with E-state index in [4.69, 9.17) is 0 Å². The van der Waals surface area contributed by atoms with Gasteiger partial charge in [0.05, 0.1) is 6.54 Å². The number of nitrogens with one attached hydrogen (secondary N) is 2. The van der Waals surface area contributed by atoms with Crippen LogP contribution in [-0.2, 0) is 4.79 Å². The van der Waals surface area contributed by atoms with Crippen molar-refractivity contribution in [2.24, 2.45) is 11.3 Å². The van der Waals surface area contributed by atoms with Gasteiger partial charge in [-0.15, -0.1) is 0 Å². The summed E-state index contributed by atoms with van der Waals surface area (Å²) in [5, 5.41) is 6.58. The van der Waals surface area contributed by atoms with Crippen LogP contribution < -0.4 is 10.6 Å². The predicted molar refractivity (Wildman–Crippen MR) is 78.0 cm³/mol. The van der Waals surface area contributed by atoms with Crippen molar-refractivity contribution in [3.05, 3.63) is 0 Å². The van der Waals surface area contributed by atoms with E-state index < -0.39 is 0 Å². The van der Waals surface area contributed by atoms with Gasteiger partial charge >= 0.3 is 0 Å². The molecule has 0 aromatic heterocycles. The minimum atomic E-state index is 0.205. The molecule has 2 N–H and O–H groups in total. The van der Waals surface area contributed by atoms with Gasteiger partial charge in [-0.1, -0.05) is 20.8 Å². The Morgan fingerprint density at radius 2 is 2.05 bits per heavy atom. The molecule has 0 bridgehead atoms. The van der Waals surface area contributed by atoms with Crippen molar-refractivity contribution in [3.63, 3.8) is 0 Å². The summed E-state index contributed by atoms with van der Waals surface area (Å²) in [5.74, 6) is 0.816. The lowest BCUT2D eigenvalue weighted by Gasteiger charge is -2.40. The molecule has 1 amide bonds. The molecular weight excluding hydrogens is 238 g/mol. The van der Waals surface area contributed by atoms with E-state index >= 15 is 0 Å². The van der Waals surface area contributed by atoms with E-state index in [1.165, 1.54) is 12.8 Å².